The van der Waals surface area contributed by atoms with E-state index >= 15 is 0 Å². The van der Waals surface area contributed by atoms with E-state index < -0.39 is 35.9 Å². The largest absolute Gasteiger partial charge is 0.441 e. The number of thioether (sulfide) groups is 1. The van der Waals surface area contributed by atoms with E-state index in [0.29, 0.717) is 0 Å². The van der Waals surface area contributed by atoms with Gasteiger partial charge in [-0.25, -0.2) is 0 Å². The summed E-state index contributed by atoms with van der Waals surface area (Å²) in [6, 6.07) is 0. The summed E-state index contributed by atoms with van der Waals surface area (Å²) in [6.07, 6.45) is -4.81. The van der Waals surface area contributed by atoms with Gasteiger partial charge in [0.05, 0.1) is 6.10 Å². The minimum absolute atomic E-state index is 0.303. The Hall–Kier alpha value is -0.0200. The van der Waals surface area contributed by atoms with Gasteiger partial charge >= 0.3 is 5.51 Å². The van der Waals surface area contributed by atoms with Crippen LogP contribution in [0.5, 0.6) is 0 Å². The van der Waals surface area contributed by atoms with Gasteiger partial charge in [0, 0.05) is 12.9 Å². The minimum atomic E-state index is -4.38. The third kappa shape index (κ3) is 3.49. The number of aliphatic hydroxyl groups is 2. The number of aliphatic hydroxyl groups excluding tert-OH is 2. The highest BCUT2D eigenvalue weighted by molar-refractivity contribution is 8.00. The Balaban J connectivity index is 2.44. The fourth-order valence-corrected chi connectivity index (χ4v) is 1.85. The molecule has 1 heterocycles. The first-order valence-electron chi connectivity index (χ1n) is 4.10. The second kappa shape index (κ2) is 4.88. The Morgan fingerprint density at radius 1 is 1.33 bits per heavy atom. The molecule has 0 amide bonds. The van der Waals surface area contributed by atoms with Crippen LogP contribution in [0.15, 0.2) is 0 Å². The quantitative estimate of drug-likeness (QED) is 0.754. The molecule has 4 atom stereocenters. The molecular weight excluding hydrogens is 237 g/mol. The number of hydrogen-bond acceptors (Lipinski definition) is 5. The number of rotatable bonds is 3. The van der Waals surface area contributed by atoms with Crippen molar-refractivity contribution in [3.8, 4) is 0 Å². The predicted molar refractivity (Wildman–Crippen MR) is 46.2 cm³/mol. The number of ether oxygens (including phenoxy) is 2. The van der Waals surface area contributed by atoms with Gasteiger partial charge in [-0.05, 0) is 11.8 Å². The number of methoxy groups -OCH3 is 1. The maximum absolute atomic E-state index is 11.8. The van der Waals surface area contributed by atoms with Crippen LogP contribution in [0.3, 0.4) is 0 Å². The van der Waals surface area contributed by atoms with Crippen LogP contribution < -0.4 is 0 Å². The summed E-state index contributed by atoms with van der Waals surface area (Å²) in [5, 5.41) is 18.6. The van der Waals surface area contributed by atoms with Crippen molar-refractivity contribution in [2.24, 2.45) is 0 Å². The molecule has 0 aromatic heterocycles. The molecule has 1 aliphatic rings. The van der Waals surface area contributed by atoms with Crippen LogP contribution in [-0.2, 0) is 9.47 Å². The molecule has 2 N–H and O–H groups in total. The molecule has 0 saturated carbocycles. The topological polar surface area (TPSA) is 58.9 Å². The molecule has 0 spiro atoms. The van der Waals surface area contributed by atoms with E-state index in [1.807, 2.05) is 0 Å². The average molecular weight is 248 g/mol. The van der Waals surface area contributed by atoms with E-state index in [1.165, 1.54) is 7.11 Å². The Labute approximate surface area is 88.4 Å². The monoisotopic (exact) mass is 248 g/mol. The summed E-state index contributed by atoms with van der Waals surface area (Å²) in [7, 11) is 1.24. The Bertz CT molecular complexity index is 213. The van der Waals surface area contributed by atoms with Gasteiger partial charge in [-0.2, -0.15) is 13.2 Å². The highest BCUT2D eigenvalue weighted by atomic mass is 32.2. The van der Waals surface area contributed by atoms with Gasteiger partial charge in [-0.3, -0.25) is 0 Å². The molecule has 90 valence electrons. The Morgan fingerprint density at radius 3 is 2.33 bits per heavy atom. The molecule has 1 aliphatic heterocycles. The SMILES string of the molecule is CO[C@@H]1O[C@H](CSC(F)(F)F)[C@@H](O)[C@H]1O. The molecule has 1 fully saturated rings. The normalized spacial score (nSPS) is 37.2. The summed E-state index contributed by atoms with van der Waals surface area (Å²) in [6.45, 7) is 0. The first kappa shape index (κ1) is 13.0. The van der Waals surface area contributed by atoms with Crippen molar-refractivity contribution < 1.29 is 32.9 Å². The summed E-state index contributed by atoms with van der Waals surface area (Å²) in [5.74, 6) is -0.471. The highest BCUT2D eigenvalue weighted by Crippen LogP contribution is 2.33. The lowest BCUT2D eigenvalue weighted by atomic mass is 10.2. The smallest absolute Gasteiger partial charge is 0.387 e. The van der Waals surface area contributed by atoms with Crippen molar-refractivity contribution in [3.63, 3.8) is 0 Å². The second-order valence-corrected chi connectivity index (χ2v) is 4.10. The maximum atomic E-state index is 11.8. The zero-order chi connectivity index (χ0) is 11.6. The third-order valence-corrected chi connectivity index (χ3v) is 2.78. The molecule has 8 heteroatoms. The van der Waals surface area contributed by atoms with Gasteiger partial charge in [0.15, 0.2) is 6.29 Å². The lowest BCUT2D eigenvalue weighted by Crippen LogP contribution is -2.34. The maximum Gasteiger partial charge on any atom is 0.441 e. The van der Waals surface area contributed by atoms with Gasteiger partial charge in [0.25, 0.3) is 0 Å². The zero-order valence-corrected chi connectivity index (χ0v) is 8.59. The molecule has 0 radical (unpaired) electrons. The van der Waals surface area contributed by atoms with Crippen LogP contribution in [0.4, 0.5) is 13.2 Å². The average Bonchev–Trinajstić information content (AvgIpc) is 2.40. The van der Waals surface area contributed by atoms with E-state index in [1.54, 1.807) is 0 Å². The number of alkyl halides is 3. The van der Waals surface area contributed by atoms with E-state index in [9.17, 15) is 23.4 Å². The first-order valence-corrected chi connectivity index (χ1v) is 5.09. The summed E-state index contributed by atoms with van der Waals surface area (Å²) >= 11 is -0.303. The van der Waals surface area contributed by atoms with E-state index in [2.05, 4.69) is 4.74 Å². The molecule has 15 heavy (non-hydrogen) atoms. The van der Waals surface area contributed by atoms with Crippen LogP contribution in [0, 0.1) is 0 Å². The molecule has 0 aromatic rings. The van der Waals surface area contributed by atoms with Crippen molar-refractivity contribution in [2.45, 2.75) is 30.1 Å². The van der Waals surface area contributed by atoms with Gasteiger partial charge in [-0.15, -0.1) is 0 Å². The summed E-state index contributed by atoms with van der Waals surface area (Å²) in [4.78, 5) is 0. The fourth-order valence-electron chi connectivity index (χ4n) is 1.22. The fraction of sp³-hybridized carbons (Fsp3) is 1.00. The number of hydrogen-bond donors (Lipinski definition) is 2. The van der Waals surface area contributed by atoms with Gasteiger partial charge in [0.1, 0.15) is 12.2 Å². The van der Waals surface area contributed by atoms with Gasteiger partial charge in [0.2, 0.25) is 0 Å². The standard InChI is InChI=1S/C7H11F3O4S/c1-13-6-5(12)4(11)3(14-6)2-15-7(8,9)10/h3-6,11-12H,2H2,1H3/t3-,4-,5-,6-/m1/s1. The van der Waals surface area contributed by atoms with Crippen molar-refractivity contribution >= 4 is 11.8 Å². The predicted octanol–water partition coefficient (Wildman–Crippen LogP) is 0.333. The Morgan fingerprint density at radius 2 is 1.93 bits per heavy atom. The minimum Gasteiger partial charge on any atom is -0.387 e. The summed E-state index contributed by atoms with van der Waals surface area (Å²) < 4.78 is 45.1. The van der Waals surface area contributed by atoms with Crippen molar-refractivity contribution in [1.29, 1.82) is 0 Å². The lowest BCUT2D eigenvalue weighted by Gasteiger charge is -2.14. The molecule has 4 nitrogen and oxygen atoms in total. The second-order valence-electron chi connectivity index (χ2n) is 3.02. The van der Waals surface area contributed by atoms with Crippen molar-refractivity contribution in [2.75, 3.05) is 12.9 Å². The molecule has 0 bridgehead atoms. The number of halogens is 3. The molecule has 1 rings (SSSR count). The van der Waals surface area contributed by atoms with Gasteiger partial charge < -0.3 is 19.7 Å². The van der Waals surface area contributed by atoms with Crippen LogP contribution in [-0.4, -0.2) is 53.2 Å². The van der Waals surface area contributed by atoms with Crippen LogP contribution in [0.25, 0.3) is 0 Å². The van der Waals surface area contributed by atoms with Crippen LogP contribution in [0.2, 0.25) is 0 Å². The third-order valence-electron chi connectivity index (χ3n) is 1.96. The summed E-state index contributed by atoms with van der Waals surface area (Å²) in [5.41, 5.74) is -4.38. The van der Waals surface area contributed by atoms with E-state index in [0.717, 1.165) is 0 Å². The lowest BCUT2D eigenvalue weighted by molar-refractivity contribution is -0.145. The highest BCUT2D eigenvalue weighted by Gasteiger charge is 2.44. The molecular formula is C7H11F3O4S. The van der Waals surface area contributed by atoms with Crippen LogP contribution in [0.1, 0.15) is 0 Å². The van der Waals surface area contributed by atoms with Crippen molar-refractivity contribution in [1.82, 2.24) is 0 Å². The molecule has 0 aliphatic carbocycles. The molecule has 1 saturated heterocycles. The zero-order valence-electron chi connectivity index (χ0n) is 7.77. The molecule has 0 aromatic carbocycles. The van der Waals surface area contributed by atoms with Crippen LogP contribution >= 0.6 is 11.8 Å². The Kier molecular flexibility index (Phi) is 4.24. The first-order chi connectivity index (χ1) is 6.85. The van der Waals surface area contributed by atoms with Crippen molar-refractivity contribution in [3.05, 3.63) is 0 Å². The molecule has 0 unspecified atom stereocenters. The van der Waals surface area contributed by atoms with Gasteiger partial charge in [-0.1, -0.05) is 0 Å². The van der Waals surface area contributed by atoms with E-state index in [-0.39, 0.29) is 11.8 Å². The van der Waals surface area contributed by atoms with E-state index in [4.69, 9.17) is 4.74 Å².